The van der Waals surface area contributed by atoms with E-state index in [1.807, 2.05) is 30.1 Å². The summed E-state index contributed by atoms with van der Waals surface area (Å²) in [5, 5.41) is 1.12. The van der Waals surface area contributed by atoms with Gasteiger partial charge in [-0.15, -0.1) is 0 Å². The van der Waals surface area contributed by atoms with E-state index in [4.69, 9.17) is 0 Å². The molecule has 2 aromatic heterocycles. The molecule has 0 amide bonds. The Morgan fingerprint density at radius 3 is 3.30 bits per heavy atom. The van der Waals surface area contributed by atoms with Crippen LogP contribution in [-0.2, 0) is 7.05 Å². The smallest absolute Gasteiger partial charge is 0.0670 e. The van der Waals surface area contributed by atoms with Gasteiger partial charge in [0.1, 0.15) is 0 Å². The van der Waals surface area contributed by atoms with Crippen LogP contribution in [0.3, 0.4) is 0 Å². The first-order valence-electron chi connectivity index (χ1n) is 3.14. The van der Waals surface area contributed by atoms with Crippen molar-refractivity contribution in [3.05, 3.63) is 30.7 Å². The van der Waals surface area contributed by atoms with E-state index in [-0.39, 0.29) is 0 Å². The van der Waals surface area contributed by atoms with Crippen LogP contribution in [0.4, 0.5) is 0 Å². The maximum Gasteiger partial charge on any atom is 0.0670 e. The average Bonchev–Trinajstić information content (AvgIpc) is 2.34. The van der Waals surface area contributed by atoms with Crippen molar-refractivity contribution in [2.75, 3.05) is 0 Å². The predicted octanol–water partition coefficient (Wildman–Crippen LogP) is 1.37. The highest BCUT2D eigenvalue weighted by molar-refractivity contribution is 5.77. The molecule has 2 rings (SSSR count). The molecule has 0 saturated heterocycles. The van der Waals surface area contributed by atoms with Crippen molar-refractivity contribution < 1.29 is 0 Å². The Hall–Kier alpha value is -1.31. The normalized spacial score (nSPS) is 10.5. The molecule has 0 N–H and O–H groups in total. The van der Waals surface area contributed by atoms with Crippen LogP contribution in [0.15, 0.2) is 24.7 Å². The van der Waals surface area contributed by atoms with E-state index in [1.165, 1.54) is 0 Å². The van der Waals surface area contributed by atoms with Gasteiger partial charge in [0.05, 0.1) is 11.7 Å². The average molecular weight is 131 g/mol. The summed E-state index contributed by atoms with van der Waals surface area (Å²) < 4.78 is 2.00. The zero-order valence-electron chi connectivity index (χ0n) is 5.70. The molecule has 0 saturated carbocycles. The van der Waals surface area contributed by atoms with Gasteiger partial charge < -0.3 is 4.57 Å². The number of aryl methyl sites for hydroxylation is 1. The highest BCUT2D eigenvalue weighted by Crippen LogP contribution is 2.10. The first kappa shape index (κ1) is 5.47. The Balaban J connectivity index is 2.93. The van der Waals surface area contributed by atoms with Gasteiger partial charge in [-0.05, 0) is 6.07 Å². The molecule has 0 fully saturated rings. The summed E-state index contributed by atoms with van der Waals surface area (Å²) in [5.74, 6) is 0. The molecule has 49 valence electrons. The Morgan fingerprint density at radius 1 is 1.60 bits per heavy atom. The summed E-state index contributed by atoms with van der Waals surface area (Å²) in [4.78, 5) is 4.01. The molecule has 2 aromatic rings. The van der Waals surface area contributed by atoms with Gasteiger partial charge in [0.15, 0.2) is 0 Å². The quantitative estimate of drug-likeness (QED) is 0.528. The van der Waals surface area contributed by atoms with E-state index >= 15 is 0 Å². The summed E-state index contributed by atoms with van der Waals surface area (Å²) >= 11 is 0. The fourth-order valence-electron chi connectivity index (χ4n) is 1.03. The van der Waals surface area contributed by atoms with Crippen LogP contribution in [0, 0.1) is 6.07 Å². The van der Waals surface area contributed by atoms with E-state index in [0.29, 0.717) is 0 Å². The molecule has 2 heteroatoms. The van der Waals surface area contributed by atoms with E-state index in [0.717, 1.165) is 10.9 Å². The standard InChI is InChI=1S/C8H7N2/c1-10-5-3-7-2-4-9-6-8(7)10/h2,4-6H,1H3. The van der Waals surface area contributed by atoms with Crippen LogP contribution in [-0.4, -0.2) is 9.55 Å². The second kappa shape index (κ2) is 1.84. The highest BCUT2D eigenvalue weighted by atomic mass is 14.9. The number of fused-ring (bicyclic) bond motifs is 1. The van der Waals surface area contributed by atoms with Crippen LogP contribution in [0.5, 0.6) is 0 Å². The first-order chi connectivity index (χ1) is 4.88. The van der Waals surface area contributed by atoms with Crippen molar-refractivity contribution in [3.8, 4) is 0 Å². The molecule has 0 aromatic carbocycles. The first-order valence-corrected chi connectivity index (χ1v) is 3.14. The van der Waals surface area contributed by atoms with Crippen molar-refractivity contribution in [2.24, 2.45) is 7.05 Å². The minimum absolute atomic E-state index is 1.12. The second-order valence-corrected chi connectivity index (χ2v) is 2.28. The molecule has 0 bridgehead atoms. The fourth-order valence-corrected chi connectivity index (χ4v) is 1.03. The molecule has 0 aliphatic heterocycles. The maximum absolute atomic E-state index is 4.01. The summed E-state index contributed by atoms with van der Waals surface area (Å²) in [7, 11) is 1.99. The SMILES string of the molecule is Cn1c[c]c2ccncc21. The van der Waals surface area contributed by atoms with Crippen LogP contribution in [0.2, 0.25) is 0 Å². The zero-order valence-corrected chi connectivity index (χ0v) is 5.70. The van der Waals surface area contributed by atoms with Crippen molar-refractivity contribution >= 4 is 10.9 Å². The molecular formula is C8H7N2. The lowest BCUT2D eigenvalue weighted by atomic mass is 10.3. The zero-order chi connectivity index (χ0) is 6.97. The fraction of sp³-hybridized carbons (Fsp3) is 0.125. The summed E-state index contributed by atoms with van der Waals surface area (Å²) in [6.45, 7) is 0. The van der Waals surface area contributed by atoms with Gasteiger partial charge in [-0.3, -0.25) is 4.98 Å². The van der Waals surface area contributed by atoms with Crippen LogP contribution in [0.25, 0.3) is 10.9 Å². The third kappa shape index (κ3) is 0.620. The molecule has 0 unspecified atom stereocenters. The second-order valence-electron chi connectivity index (χ2n) is 2.28. The van der Waals surface area contributed by atoms with E-state index < -0.39 is 0 Å². The van der Waals surface area contributed by atoms with Crippen LogP contribution >= 0.6 is 0 Å². The van der Waals surface area contributed by atoms with Gasteiger partial charge in [0.2, 0.25) is 0 Å². The molecular weight excluding hydrogens is 124 g/mol. The molecule has 0 atom stereocenters. The van der Waals surface area contributed by atoms with Gasteiger partial charge in [-0.1, -0.05) is 0 Å². The Bertz CT molecular complexity index is 349. The molecule has 10 heavy (non-hydrogen) atoms. The van der Waals surface area contributed by atoms with Crippen molar-refractivity contribution in [3.63, 3.8) is 0 Å². The van der Waals surface area contributed by atoms with Crippen LogP contribution in [0.1, 0.15) is 0 Å². The minimum Gasteiger partial charge on any atom is -0.349 e. The number of pyridine rings is 1. The summed E-state index contributed by atoms with van der Waals surface area (Å²) in [6, 6.07) is 5.06. The van der Waals surface area contributed by atoms with Gasteiger partial charge >= 0.3 is 0 Å². The van der Waals surface area contributed by atoms with E-state index in [1.54, 1.807) is 6.20 Å². The maximum atomic E-state index is 4.01. The lowest BCUT2D eigenvalue weighted by Crippen LogP contribution is -1.83. The van der Waals surface area contributed by atoms with Crippen molar-refractivity contribution in [1.29, 1.82) is 0 Å². The number of hydrogen-bond acceptors (Lipinski definition) is 1. The Kier molecular flexibility index (Phi) is 1.01. The van der Waals surface area contributed by atoms with E-state index in [9.17, 15) is 0 Å². The Morgan fingerprint density at radius 2 is 2.50 bits per heavy atom. The van der Waals surface area contributed by atoms with Gasteiger partial charge in [0.25, 0.3) is 0 Å². The number of hydrogen-bond donors (Lipinski definition) is 0. The van der Waals surface area contributed by atoms with Crippen molar-refractivity contribution in [2.45, 2.75) is 0 Å². The molecule has 0 aliphatic rings. The lowest BCUT2D eigenvalue weighted by molar-refractivity contribution is 0.964. The third-order valence-electron chi connectivity index (χ3n) is 1.59. The van der Waals surface area contributed by atoms with Gasteiger partial charge in [-0.2, -0.15) is 0 Å². The van der Waals surface area contributed by atoms with E-state index in [2.05, 4.69) is 11.1 Å². The third-order valence-corrected chi connectivity index (χ3v) is 1.59. The molecule has 2 heterocycles. The molecule has 2 nitrogen and oxygen atoms in total. The van der Waals surface area contributed by atoms with Crippen LogP contribution < -0.4 is 0 Å². The van der Waals surface area contributed by atoms with Gasteiger partial charge in [0, 0.05) is 30.9 Å². The summed E-state index contributed by atoms with van der Waals surface area (Å²) in [6.07, 6.45) is 5.52. The summed E-state index contributed by atoms with van der Waals surface area (Å²) in [5.41, 5.74) is 1.13. The monoisotopic (exact) mass is 131 g/mol. The largest absolute Gasteiger partial charge is 0.349 e. The minimum atomic E-state index is 1.12. The topological polar surface area (TPSA) is 17.8 Å². The number of rotatable bonds is 0. The lowest BCUT2D eigenvalue weighted by Gasteiger charge is -1.91. The highest BCUT2D eigenvalue weighted by Gasteiger charge is 1.93. The van der Waals surface area contributed by atoms with Crippen molar-refractivity contribution in [1.82, 2.24) is 9.55 Å². The predicted molar refractivity (Wildman–Crippen MR) is 39.6 cm³/mol. The Labute approximate surface area is 59.1 Å². The molecule has 0 spiro atoms. The molecule has 0 aliphatic carbocycles. The van der Waals surface area contributed by atoms with Gasteiger partial charge in [-0.25, -0.2) is 0 Å². The number of aromatic nitrogens is 2. The number of nitrogens with zero attached hydrogens (tertiary/aromatic N) is 2. The molecule has 1 radical (unpaired) electrons.